The number of hydrogen-bond acceptors (Lipinski definition) is 4. The highest BCUT2D eigenvalue weighted by Crippen LogP contribution is 2.33. The molecule has 0 unspecified atom stereocenters. The van der Waals surface area contributed by atoms with Gasteiger partial charge < -0.3 is 10.1 Å². The van der Waals surface area contributed by atoms with E-state index in [1.807, 2.05) is 17.5 Å². The summed E-state index contributed by atoms with van der Waals surface area (Å²) in [5.74, 6) is -0.275. The first-order chi connectivity index (χ1) is 11.1. The number of rotatable bonds is 3. The van der Waals surface area contributed by atoms with Crippen molar-refractivity contribution in [1.82, 2.24) is 14.7 Å². The van der Waals surface area contributed by atoms with Crippen LogP contribution in [0.5, 0.6) is 5.06 Å². The molecule has 0 bridgehead atoms. The number of thiazole rings is 1. The predicted molar refractivity (Wildman–Crippen MR) is 85.4 cm³/mol. The number of carbonyl (C=O) groups excluding carboxylic acids is 1. The minimum atomic E-state index is -0.418. The van der Waals surface area contributed by atoms with Crippen LogP contribution in [0, 0.1) is 12.7 Å². The summed E-state index contributed by atoms with van der Waals surface area (Å²) in [6, 6.07) is 6.46. The number of nitrogens with one attached hydrogen (secondary N) is 1. The molecule has 1 N–H and O–H groups in total. The van der Waals surface area contributed by atoms with Gasteiger partial charge in [0.2, 0.25) is 5.06 Å². The summed E-state index contributed by atoms with van der Waals surface area (Å²) < 4.78 is 20.2. The molecule has 1 aliphatic carbocycles. The van der Waals surface area contributed by atoms with Gasteiger partial charge in [-0.2, -0.15) is 0 Å². The van der Waals surface area contributed by atoms with Gasteiger partial charge in [-0.15, -0.1) is 0 Å². The summed E-state index contributed by atoms with van der Waals surface area (Å²) >= 11 is 1.31. The number of imidazole rings is 1. The van der Waals surface area contributed by atoms with E-state index in [9.17, 15) is 9.18 Å². The maximum atomic E-state index is 13.0. The molecule has 2 heterocycles. The Morgan fingerprint density at radius 1 is 1.39 bits per heavy atom. The third kappa shape index (κ3) is 2.79. The number of hydrogen-bond donors (Lipinski definition) is 1. The molecule has 5 nitrogen and oxygen atoms in total. The van der Waals surface area contributed by atoms with E-state index in [0.717, 1.165) is 34.8 Å². The number of ether oxygens (including phenoxy) is 1. The zero-order valence-electron chi connectivity index (χ0n) is 12.4. The first-order valence-electron chi connectivity index (χ1n) is 7.33. The number of benzene rings is 1. The van der Waals surface area contributed by atoms with Gasteiger partial charge in [-0.1, -0.05) is 11.3 Å². The van der Waals surface area contributed by atoms with Gasteiger partial charge in [-0.25, -0.2) is 14.2 Å². The Labute approximate surface area is 135 Å². The van der Waals surface area contributed by atoms with Gasteiger partial charge in [0, 0.05) is 17.8 Å². The maximum Gasteiger partial charge on any atom is 0.413 e. The third-order valence-electron chi connectivity index (χ3n) is 3.74. The number of amides is 1. The lowest BCUT2D eigenvalue weighted by atomic mass is 10.2. The highest BCUT2D eigenvalue weighted by atomic mass is 32.1. The molecule has 0 aliphatic heterocycles. The Morgan fingerprint density at radius 2 is 2.13 bits per heavy atom. The molecule has 4 rings (SSSR count). The van der Waals surface area contributed by atoms with Crippen LogP contribution in [0.4, 0.5) is 9.18 Å². The predicted octanol–water partition coefficient (Wildman–Crippen LogP) is 3.76. The Morgan fingerprint density at radius 3 is 2.78 bits per heavy atom. The second-order valence-electron chi connectivity index (χ2n) is 5.57. The van der Waals surface area contributed by atoms with Crippen LogP contribution in [-0.2, 0) is 0 Å². The van der Waals surface area contributed by atoms with Crippen molar-refractivity contribution in [2.24, 2.45) is 0 Å². The molecule has 1 aliphatic rings. The van der Waals surface area contributed by atoms with Crippen molar-refractivity contribution >= 4 is 22.4 Å². The largest absolute Gasteiger partial charge is 0.413 e. The highest BCUT2D eigenvalue weighted by Gasteiger charge is 2.25. The topological polar surface area (TPSA) is 55.6 Å². The average molecular weight is 331 g/mol. The number of fused-ring (bicyclic) bond motifs is 1. The summed E-state index contributed by atoms with van der Waals surface area (Å²) in [5.41, 5.74) is 2.42. The summed E-state index contributed by atoms with van der Waals surface area (Å²) in [5, 5.41) is 3.33. The second kappa shape index (κ2) is 5.34. The van der Waals surface area contributed by atoms with Crippen LogP contribution in [0.15, 0.2) is 30.5 Å². The number of halogens is 1. The van der Waals surface area contributed by atoms with Gasteiger partial charge in [0.1, 0.15) is 5.82 Å². The fourth-order valence-electron chi connectivity index (χ4n) is 2.29. The second-order valence-corrected chi connectivity index (χ2v) is 6.51. The van der Waals surface area contributed by atoms with Gasteiger partial charge in [0.05, 0.1) is 11.4 Å². The van der Waals surface area contributed by atoms with E-state index in [1.165, 1.54) is 23.5 Å². The third-order valence-corrected chi connectivity index (χ3v) is 4.77. The minimum Gasteiger partial charge on any atom is -0.397 e. The Hall–Kier alpha value is -2.41. The van der Waals surface area contributed by atoms with Crippen molar-refractivity contribution in [3.8, 4) is 16.3 Å². The standard InChI is InChI=1S/C16H14FN3O2S/c1-9-14(22-16(21)18-12-6-7-12)23-15-19-13(8-20(9)15)10-2-4-11(17)5-3-10/h2-5,8,12H,6-7H2,1H3,(H,18,21). The number of nitrogens with zero attached hydrogens (tertiary/aromatic N) is 2. The molecule has 0 radical (unpaired) electrons. The minimum absolute atomic E-state index is 0.261. The molecule has 1 amide bonds. The highest BCUT2D eigenvalue weighted by molar-refractivity contribution is 7.19. The average Bonchev–Trinajstić information content (AvgIpc) is 3.16. The summed E-state index contributed by atoms with van der Waals surface area (Å²) in [6.07, 6.45) is 3.48. The molecular formula is C16H14FN3O2S. The van der Waals surface area contributed by atoms with Crippen LogP contribution in [-0.4, -0.2) is 21.5 Å². The first-order valence-corrected chi connectivity index (χ1v) is 8.14. The lowest BCUT2D eigenvalue weighted by Gasteiger charge is -2.03. The van der Waals surface area contributed by atoms with Crippen LogP contribution < -0.4 is 10.1 Å². The first kappa shape index (κ1) is 14.2. The molecule has 118 valence electrons. The monoisotopic (exact) mass is 331 g/mol. The zero-order chi connectivity index (χ0) is 16.0. The molecule has 0 atom stereocenters. The van der Waals surface area contributed by atoms with Crippen molar-refractivity contribution < 1.29 is 13.9 Å². The molecule has 0 saturated heterocycles. The fraction of sp³-hybridized carbons (Fsp3) is 0.250. The molecular weight excluding hydrogens is 317 g/mol. The van der Waals surface area contributed by atoms with E-state index < -0.39 is 6.09 Å². The maximum absolute atomic E-state index is 13.0. The lowest BCUT2D eigenvalue weighted by molar-refractivity contribution is 0.201. The van der Waals surface area contributed by atoms with E-state index in [-0.39, 0.29) is 11.9 Å². The van der Waals surface area contributed by atoms with Crippen molar-refractivity contribution in [1.29, 1.82) is 0 Å². The molecule has 3 aromatic rings. The van der Waals surface area contributed by atoms with Gasteiger partial charge in [0.15, 0.2) is 4.96 Å². The van der Waals surface area contributed by atoms with Gasteiger partial charge in [-0.05, 0) is 44.0 Å². The van der Waals surface area contributed by atoms with E-state index in [1.54, 1.807) is 12.1 Å². The van der Waals surface area contributed by atoms with E-state index in [0.29, 0.717) is 5.06 Å². The van der Waals surface area contributed by atoms with Crippen LogP contribution in [0.25, 0.3) is 16.2 Å². The van der Waals surface area contributed by atoms with Gasteiger partial charge in [-0.3, -0.25) is 4.40 Å². The van der Waals surface area contributed by atoms with Crippen LogP contribution in [0.2, 0.25) is 0 Å². The molecule has 7 heteroatoms. The summed E-state index contributed by atoms with van der Waals surface area (Å²) in [7, 11) is 0. The molecule has 1 saturated carbocycles. The normalized spacial score (nSPS) is 14.2. The molecule has 0 spiro atoms. The van der Waals surface area contributed by atoms with Crippen LogP contribution in [0.1, 0.15) is 18.5 Å². The zero-order valence-corrected chi connectivity index (χ0v) is 13.2. The lowest BCUT2D eigenvalue weighted by Crippen LogP contribution is -2.28. The Bertz CT molecular complexity index is 881. The molecule has 1 fully saturated rings. The fourth-order valence-corrected chi connectivity index (χ4v) is 3.25. The summed E-state index contributed by atoms with van der Waals surface area (Å²) in [4.78, 5) is 17.0. The van der Waals surface area contributed by atoms with E-state index in [4.69, 9.17) is 4.74 Å². The quantitative estimate of drug-likeness (QED) is 0.795. The van der Waals surface area contributed by atoms with Gasteiger partial charge >= 0.3 is 6.09 Å². The Kier molecular flexibility index (Phi) is 3.30. The van der Waals surface area contributed by atoms with Crippen molar-refractivity contribution in [2.45, 2.75) is 25.8 Å². The van der Waals surface area contributed by atoms with E-state index in [2.05, 4.69) is 10.3 Å². The molecule has 23 heavy (non-hydrogen) atoms. The number of aryl methyl sites for hydroxylation is 1. The SMILES string of the molecule is Cc1c(OC(=O)NC2CC2)sc2nc(-c3ccc(F)cc3)cn12. The van der Waals surface area contributed by atoms with Crippen LogP contribution >= 0.6 is 11.3 Å². The van der Waals surface area contributed by atoms with E-state index >= 15 is 0 Å². The summed E-state index contributed by atoms with van der Waals surface area (Å²) in [6.45, 7) is 1.87. The molecule has 1 aromatic carbocycles. The van der Waals surface area contributed by atoms with Crippen molar-refractivity contribution in [2.75, 3.05) is 0 Å². The van der Waals surface area contributed by atoms with Crippen molar-refractivity contribution in [3.63, 3.8) is 0 Å². The number of carbonyl (C=O) groups is 1. The molecule has 2 aromatic heterocycles. The Balaban J connectivity index is 1.60. The van der Waals surface area contributed by atoms with Crippen LogP contribution in [0.3, 0.4) is 0 Å². The number of aromatic nitrogens is 2. The van der Waals surface area contributed by atoms with Gasteiger partial charge in [0.25, 0.3) is 0 Å². The van der Waals surface area contributed by atoms with Crippen molar-refractivity contribution in [3.05, 3.63) is 42.0 Å². The smallest absolute Gasteiger partial charge is 0.397 e.